The third-order valence-electron chi connectivity index (χ3n) is 5.12. The van der Waals surface area contributed by atoms with E-state index in [2.05, 4.69) is 51.4 Å². The summed E-state index contributed by atoms with van der Waals surface area (Å²) in [7, 11) is 0. The van der Waals surface area contributed by atoms with Crippen molar-refractivity contribution in [2.45, 2.75) is 19.8 Å². The van der Waals surface area contributed by atoms with Gasteiger partial charge in [-0.05, 0) is 36.6 Å². The lowest BCUT2D eigenvalue weighted by Crippen LogP contribution is -2.27. The first-order valence-corrected chi connectivity index (χ1v) is 9.80. The number of hydrogen-bond acceptors (Lipinski definition) is 5. The minimum atomic E-state index is -0.152. The van der Waals surface area contributed by atoms with E-state index < -0.39 is 0 Å². The minimum absolute atomic E-state index is 0.0719. The molecule has 0 bridgehead atoms. The standard InChI is InChI=1S/C23H24N4O2/c1-16-4-2-5-17(12-16)13-18-14-22(26-15-25-18)27-10-8-19-20(6-3-7-21(19)27)23(29)24-9-11-28/h2-7,12,14-15,28H,8-11,13H2,1H3,(H,24,29). The molecule has 0 unspecified atom stereocenters. The van der Waals surface area contributed by atoms with Crippen LogP contribution in [-0.4, -0.2) is 40.7 Å². The minimum Gasteiger partial charge on any atom is -0.395 e. The molecule has 1 aromatic heterocycles. The van der Waals surface area contributed by atoms with E-state index in [0.29, 0.717) is 5.56 Å². The number of hydrogen-bond donors (Lipinski definition) is 2. The maximum atomic E-state index is 12.4. The summed E-state index contributed by atoms with van der Waals surface area (Å²) in [4.78, 5) is 23.5. The zero-order valence-electron chi connectivity index (χ0n) is 16.4. The van der Waals surface area contributed by atoms with Crippen LogP contribution in [0.4, 0.5) is 11.5 Å². The van der Waals surface area contributed by atoms with Gasteiger partial charge in [-0.25, -0.2) is 9.97 Å². The van der Waals surface area contributed by atoms with Crippen molar-refractivity contribution in [2.24, 2.45) is 0 Å². The number of amides is 1. The monoisotopic (exact) mass is 388 g/mol. The summed E-state index contributed by atoms with van der Waals surface area (Å²) < 4.78 is 0. The Bertz CT molecular complexity index is 1030. The lowest BCUT2D eigenvalue weighted by molar-refractivity contribution is 0.0944. The number of nitrogens with zero attached hydrogens (tertiary/aromatic N) is 3. The Labute approximate surface area is 170 Å². The zero-order chi connectivity index (χ0) is 20.2. The number of aryl methyl sites for hydroxylation is 1. The summed E-state index contributed by atoms with van der Waals surface area (Å²) in [6.45, 7) is 3.03. The summed E-state index contributed by atoms with van der Waals surface area (Å²) in [5, 5.41) is 11.7. The molecule has 0 radical (unpaired) electrons. The number of carbonyl (C=O) groups is 1. The molecule has 0 saturated carbocycles. The molecule has 0 aliphatic carbocycles. The van der Waals surface area contributed by atoms with Crippen molar-refractivity contribution >= 4 is 17.4 Å². The molecule has 2 heterocycles. The highest BCUT2D eigenvalue weighted by molar-refractivity contribution is 5.98. The van der Waals surface area contributed by atoms with Crippen LogP contribution >= 0.6 is 0 Å². The van der Waals surface area contributed by atoms with E-state index in [1.165, 1.54) is 11.1 Å². The number of aliphatic hydroxyl groups is 1. The summed E-state index contributed by atoms with van der Waals surface area (Å²) >= 11 is 0. The van der Waals surface area contributed by atoms with Gasteiger partial charge in [0.05, 0.1) is 12.3 Å². The van der Waals surface area contributed by atoms with E-state index in [1.807, 2.05) is 24.3 Å². The van der Waals surface area contributed by atoms with Crippen LogP contribution in [0, 0.1) is 6.92 Å². The van der Waals surface area contributed by atoms with Gasteiger partial charge in [0, 0.05) is 36.8 Å². The van der Waals surface area contributed by atoms with Gasteiger partial charge < -0.3 is 15.3 Å². The molecule has 1 amide bonds. The van der Waals surface area contributed by atoms with Crippen LogP contribution in [0.15, 0.2) is 54.9 Å². The van der Waals surface area contributed by atoms with Gasteiger partial charge in [-0.1, -0.05) is 35.9 Å². The van der Waals surface area contributed by atoms with Crippen LogP contribution in [0.2, 0.25) is 0 Å². The van der Waals surface area contributed by atoms with Gasteiger partial charge in [-0.3, -0.25) is 4.79 Å². The van der Waals surface area contributed by atoms with Crippen molar-refractivity contribution in [1.82, 2.24) is 15.3 Å². The van der Waals surface area contributed by atoms with Gasteiger partial charge in [0.2, 0.25) is 0 Å². The molecule has 6 heteroatoms. The van der Waals surface area contributed by atoms with Crippen LogP contribution in [0.25, 0.3) is 0 Å². The molecule has 0 saturated heterocycles. The number of anilines is 2. The predicted molar refractivity (Wildman–Crippen MR) is 113 cm³/mol. The second-order valence-corrected chi connectivity index (χ2v) is 7.22. The average molecular weight is 388 g/mol. The number of rotatable bonds is 6. The number of fused-ring (bicyclic) bond motifs is 1. The highest BCUT2D eigenvalue weighted by Crippen LogP contribution is 2.35. The summed E-state index contributed by atoms with van der Waals surface area (Å²) in [6, 6.07) is 16.2. The molecule has 1 aliphatic heterocycles. The normalized spacial score (nSPS) is 12.7. The van der Waals surface area contributed by atoms with Crippen LogP contribution in [0.3, 0.4) is 0 Å². The van der Waals surface area contributed by atoms with Crippen LogP contribution in [0.5, 0.6) is 0 Å². The maximum absolute atomic E-state index is 12.4. The van der Waals surface area contributed by atoms with E-state index in [-0.39, 0.29) is 19.1 Å². The van der Waals surface area contributed by atoms with E-state index >= 15 is 0 Å². The van der Waals surface area contributed by atoms with Gasteiger partial charge in [0.1, 0.15) is 12.1 Å². The number of benzene rings is 2. The van der Waals surface area contributed by atoms with Crippen molar-refractivity contribution in [3.63, 3.8) is 0 Å². The summed E-state index contributed by atoms with van der Waals surface area (Å²) in [6.07, 6.45) is 3.13. The number of carbonyl (C=O) groups excluding carboxylic acids is 1. The first-order valence-electron chi connectivity index (χ1n) is 9.80. The first-order chi connectivity index (χ1) is 14.2. The van der Waals surface area contributed by atoms with E-state index in [1.54, 1.807) is 6.33 Å². The molecule has 148 valence electrons. The second-order valence-electron chi connectivity index (χ2n) is 7.22. The number of nitrogens with one attached hydrogen (secondary N) is 1. The lowest BCUT2D eigenvalue weighted by atomic mass is 10.0. The van der Waals surface area contributed by atoms with E-state index in [4.69, 9.17) is 5.11 Å². The van der Waals surface area contributed by atoms with Gasteiger partial charge >= 0.3 is 0 Å². The first kappa shape index (κ1) is 19.1. The molecule has 2 N–H and O–H groups in total. The van der Waals surface area contributed by atoms with Crippen LogP contribution in [0.1, 0.15) is 32.7 Å². The molecule has 29 heavy (non-hydrogen) atoms. The van der Waals surface area contributed by atoms with Gasteiger partial charge in [-0.15, -0.1) is 0 Å². The average Bonchev–Trinajstić information content (AvgIpc) is 3.16. The Kier molecular flexibility index (Phi) is 5.53. The molecule has 3 aromatic rings. The largest absolute Gasteiger partial charge is 0.395 e. The molecule has 1 aliphatic rings. The molecule has 0 spiro atoms. The summed E-state index contributed by atoms with van der Waals surface area (Å²) in [5.74, 6) is 0.690. The van der Waals surface area contributed by atoms with Crippen molar-refractivity contribution in [1.29, 1.82) is 0 Å². The van der Waals surface area contributed by atoms with Crippen molar-refractivity contribution < 1.29 is 9.90 Å². The van der Waals surface area contributed by atoms with Gasteiger partial charge in [0.25, 0.3) is 5.91 Å². The lowest BCUT2D eigenvalue weighted by Gasteiger charge is -2.19. The predicted octanol–water partition coefficient (Wildman–Crippen LogP) is 2.79. The fourth-order valence-corrected chi connectivity index (χ4v) is 3.81. The van der Waals surface area contributed by atoms with E-state index in [9.17, 15) is 4.79 Å². The fraction of sp³-hybridized carbons (Fsp3) is 0.261. The fourth-order valence-electron chi connectivity index (χ4n) is 3.81. The smallest absolute Gasteiger partial charge is 0.251 e. The highest BCUT2D eigenvalue weighted by atomic mass is 16.3. The zero-order valence-corrected chi connectivity index (χ0v) is 16.4. The maximum Gasteiger partial charge on any atom is 0.251 e. The molecule has 0 atom stereocenters. The third kappa shape index (κ3) is 4.12. The molecule has 0 fully saturated rings. The Balaban J connectivity index is 1.59. The summed E-state index contributed by atoms with van der Waals surface area (Å²) in [5.41, 5.74) is 6.10. The molecular formula is C23H24N4O2. The SMILES string of the molecule is Cc1cccc(Cc2cc(N3CCc4c(C(=O)NCCO)cccc43)ncn2)c1. The topological polar surface area (TPSA) is 78.4 Å². The second kappa shape index (κ2) is 8.41. The van der Waals surface area contributed by atoms with Crippen molar-refractivity contribution in [3.8, 4) is 0 Å². The van der Waals surface area contributed by atoms with Crippen LogP contribution in [-0.2, 0) is 12.8 Å². The third-order valence-corrected chi connectivity index (χ3v) is 5.12. The Morgan fingerprint density at radius 3 is 2.86 bits per heavy atom. The molecule has 6 nitrogen and oxygen atoms in total. The van der Waals surface area contributed by atoms with Gasteiger partial charge in [-0.2, -0.15) is 0 Å². The number of aromatic nitrogens is 2. The van der Waals surface area contributed by atoms with Crippen LogP contribution < -0.4 is 10.2 Å². The van der Waals surface area contributed by atoms with E-state index in [0.717, 1.165) is 42.1 Å². The van der Waals surface area contributed by atoms with Crippen molar-refractivity contribution in [2.75, 3.05) is 24.6 Å². The quantitative estimate of drug-likeness (QED) is 0.679. The molecular weight excluding hydrogens is 364 g/mol. The van der Waals surface area contributed by atoms with Gasteiger partial charge in [0.15, 0.2) is 0 Å². The molecule has 2 aromatic carbocycles. The highest BCUT2D eigenvalue weighted by Gasteiger charge is 2.26. The Morgan fingerprint density at radius 1 is 1.17 bits per heavy atom. The molecule has 4 rings (SSSR count). The number of aliphatic hydroxyl groups excluding tert-OH is 1. The van der Waals surface area contributed by atoms with Crippen molar-refractivity contribution in [3.05, 3.63) is 82.8 Å². The Hall–Kier alpha value is -3.25. The Morgan fingerprint density at radius 2 is 2.03 bits per heavy atom.